The predicted molar refractivity (Wildman–Crippen MR) is 115 cm³/mol. The van der Waals surface area contributed by atoms with Gasteiger partial charge in [-0.1, -0.05) is 13.0 Å². The van der Waals surface area contributed by atoms with Crippen molar-refractivity contribution < 1.29 is 14.4 Å². The number of amides is 3. The number of nitrogens with zero attached hydrogens (tertiary/aromatic N) is 2. The van der Waals surface area contributed by atoms with E-state index in [1.807, 2.05) is 36.9 Å². The molecule has 3 amide bonds. The quantitative estimate of drug-likeness (QED) is 0.782. The second kappa shape index (κ2) is 7.93. The maximum absolute atomic E-state index is 13.1. The summed E-state index contributed by atoms with van der Waals surface area (Å²) in [7, 11) is 0. The number of nitrogens with one attached hydrogen (secondary N) is 2. The molecule has 0 aliphatic carbocycles. The van der Waals surface area contributed by atoms with E-state index in [1.165, 1.54) is 0 Å². The minimum Gasteiger partial charge on any atom is -0.362 e. The third kappa shape index (κ3) is 3.89. The molecule has 3 atom stereocenters. The lowest BCUT2D eigenvalue weighted by Gasteiger charge is -2.40. The molecule has 3 heterocycles. The number of carbonyl (C=O) groups excluding carboxylic acids is 3. The Labute approximate surface area is 178 Å². The summed E-state index contributed by atoms with van der Waals surface area (Å²) in [6.07, 6.45) is 3.53. The van der Waals surface area contributed by atoms with Gasteiger partial charge in [0.1, 0.15) is 11.7 Å². The predicted octanol–water partition coefficient (Wildman–Crippen LogP) is 2.51. The van der Waals surface area contributed by atoms with Gasteiger partial charge in [-0.25, -0.2) is 0 Å². The number of hydrogen-bond acceptors (Lipinski definition) is 4. The van der Waals surface area contributed by atoms with E-state index < -0.39 is 11.7 Å². The molecular weight excluding hydrogens is 380 g/mol. The number of hydrogen-bond donors (Lipinski definition) is 2. The third-order valence-corrected chi connectivity index (χ3v) is 6.81. The molecule has 30 heavy (non-hydrogen) atoms. The number of piperidine rings is 1. The summed E-state index contributed by atoms with van der Waals surface area (Å²) < 4.78 is 0. The van der Waals surface area contributed by atoms with Crippen LogP contribution >= 0.6 is 0 Å². The van der Waals surface area contributed by atoms with Crippen molar-refractivity contribution in [2.45, 2.75) is 64.6 Å². The topological polar surface area (TPSA) is 81.8 Å². The second-order valence-electron chi connectivity index (χ2n) is 9.26. The first-order chi connectivity index (χ1) is 14.3. The van der Waals surface area contributed by atoms with Crippen LogP contribution in [0.2, 0.25) is 0 Å². The molecular formula is C23H32N4O3. The molecule has 162 valence electrons. The normalized spacial score (nSPS) is 27.8. The molecule has 7 nitrogen and oxygen atoms in total. The van der Waals surface area contributed by atoms with Gasteiger partial charge in [0.05, 0.1) is 5.56 Å². The Morgan fingerprint density at radius 1 is 1.20 bits per heavy atom. The van der Waals surface area contributed by atoms with Gasteiger partial charge in [0.15, 0.2) is 0 Å². The van der Waals surface area contributed by atoms with Gasteiger partial charge < -0.3 is 20.4 Å². The van der Waals surface area contributed by atoms with E-state index in [9.17, 15) is 14.4 Å². The molecule has 3 aliphatic heterocycles. The summed E-state index contributed by atoms with van der Waals surface area (Å²) in [4.78, 5) is 42.3. The van der Waals surface area contributed by atoms with E-state index in [4.69, 9.17) is 0 Å². The molecule has 0 unspecified atom stereocenters. The van der Waals surface area contributed by atoms with Crippen molar-refractivity contribution in [2.24, 2.45) is 5.92 Å². The Kier molecular flexibility index (Phi) is 5.47. The average Bonchev–Trinajstić information content (AvgIpc) is 2.86. The van der Waals surface area contributed by atoms with Gasteiger partial charge in [0.25, 0.3) is 5.91 Å². The summed E-state index contributed by atoms with van der Waals surface area (Å²) in [6, 6.07) is 5.25. The Hall–Kier alpha value is -2.57. The van der Waals surface area contributed by atoms with Crippen LogP contribution in [0.4, 0.5) is 5.69 Å². The van der Waals surface area contributed by atoms with E-state index >= 15 is 0 Å². The zero-order valence-corrected chi connectivity index (χ0v) is 18.2. The van der Waals surface area contributed by atoms with Gasteiger partial charge in [0, 0.05) is 38.2 Å². The number of likely N-dealkylation sites (tertiary alicyclic amines) is 2. The Morgan fingerprint density at radius 2 is 2.00 bits per heavy atom. The molecule has 7 heteroatoms. The van der Waals surface area contributed by atoms with E-state index in [0.717, 1.165) is 37.2 Å². The van der Waals surface area contributed by atoms with Gasteiger partial charge in [0.2, 0.25) is 11.8 Å². The average molecular weight is 413 g/mol. The van der Waals surface area contributed by atoms with Crippen LogP contribution in [0.15, 0.2) is 18.2 Å². The number of fused-ring (bicyclic) bond motifs is 1. The molecule has 1 aromatic rings. The van der Waals surface area contributed by atoms with Gasteiger partial charge in [-0.2, -0.15) is 0 Å². The minimum atomic E-state index is -0.662. The van der Waals surface area contributed by atoms with Crippen molar-refractivity contribution in [1.29, 1.82) is 0 Å². The number of anilines is 1. The monoisotopic (exact) mass is 412 g/mol. The van der Waals surface area contributed by atoms with Crippen molar-refractivity contribution in [1.82, 2.24) is 15.1 Å². The first-order valence-electron chi connectivity index (χ1n) is 11.1. The largest absolute Gasteiger partial charge is 0.362 e. The number of aryl methyl sites for hydroxylation is 1. The highest BCUT2D eigenvalue weighted by Crippen LogP contribution is 2.33. The van der Waals surface area contributed by atoms with Gasteiger partial charge in [-0.15, -0.1) is 0 Å². The first kappa shape index (κ1) is 20.7. The maximum atomic E-state index is 13.1. The van der Waals surface area contributed by atoms with Crippen LogP contribution in [0.25, 0.3) is 0 Å². The Balaban J connectivity index is 1.49. The molecule has 2 fully saturated rings. The molecule has 1 aromatic carbocycles. The number of carbonyl (C=O) groups is 3. The van der Waals surface area contributed by atoms with Crippen LogP contribution in [0.1, 0.15) is 61.9 Å². The Morgan fingerprint density at radius 3 is 2.77 bits per heavy atom. The van der Waals surface area contributed by atoms with Crippen molar-refractivity contribution in [3.8, 4) is 0 Å². The van der Waals surface area contributed by atoms with Crippen molar-refractivity contribution >= 4 is 23.4 Å². The van der Waals surface area contributed by atoms with Crippen LogP contribution < -0.4 is 10.6 Å². The first-order valence-corrected chi connectivity index (χ1v) is 11.1. The van der Waals surface area contributed by atoms with E-state index in [-0.39, 0.29) is 17.7 Å². The summed E-state index contributed by atoms with van der Waals surface area (Å²) in [5, 5.41) is 6.60. The van der Waals surface area contributed by atoms with E-state index in [1.54, 1.807) is 4.90 Å². The molecule has 0 radical (unpaired) electrons. The molecule has 0 aromatic heterocycles. The third-order valence-electron chi connectivity index (χ3n) is 6.81. The van der Waals surface area contributed by atoms with Crippen molar-refractivity contribution in [2.75, 3.05) is 25.0 Å². The standard InChI is InChI=1S/C23H32N4O3/c1-15-6-7-18-19(13-15)24-23(25-21(18)29)9-8-20(28)27(12-10-23)17(3)22(30)26-11-4-5-16(2)14-26/h6-7,13,16-17,24H,4-5,8-12,14H2,1-3H3,(H,25,29)/t16-,17+,23-/m0/s1. The SMILES string of the molecule is Cc1ccc2c(c1)N[C@@]1(CCC(=O)N([C@H](C)C(=O)N3CCC[C@H](C)C3)CC1)NC2=O. The van der Waals surface area contributed by atoms with Gasteiger partial charge in [-0.3, -0.25) is 14.4 Å². The fourth-order valence-corrected chi connectivity index (χ4v) is 5.00. The molecule has 3 aliphatic rings. The van der Waals surface area contributed by atoms with Crippen LogP contribution in [0.5, 0.6) is 0 Å². The summed E-state index contributed by atoms with van der Waals surface area (Å²) >= 11 is 0. The lowest BCUT2D eigenvalue weighted by Crippen LogP contribution is -2.58. The molecule has 0 saturated carbocycles. The zero-order valence-electron chi connectivity index (χ0n) is 18.2. The second-order valence-corrected chi connectivity index (χ2v) is 9.26. The maximum Gasteiger partial charge on any atom is 0.255 e. The molecule has 2 N–H and O–H groups in total. The smallest absolute Gasteiger partial charge is 0.255 e. The lowest BCUT2D eigenvalue weighted by molar-refractivity contribution is -0.145. The van der Waals surface area contributed by atoms with Crippen molar-refractivity contribution in [3.63, 3.8) is 0 Å². The van der Waals surface area contributed by atoms with Gasteiger partial charge >= 0.3 is 0 Å². The summed E-state index contributed by atoms with van der Waals surface area (Å²) in [5.74, 6) is 0.399. The van der Waals surface area contributed by atoms with Crippen LogP contribution in [0, 0.1) is 12.8 Å². The highest BCUT2D eigenvalue weighted by molar-refractivity contribution is 6.02. The van der Waals surface area contributed by atoms with Crippen LogP contribution in [0.3, 0.4) is 0 Å². The van der Waals surface area contributed by atoms with E-state index in [2.05, 4.69) is 17.6 Å². The molecule has 2 saturated heterocycles. The van der Waals surface area contributed by atoms with E-state index in [0.29, 0.717) is 37.3 Å². The fraction of sp³-hybridized carbons (Fsp3) is 0.609. The lowest BCUT2D eigenvalue weighted by atomic mass is 9.94. The van der Waals surface area contributed by atoms with Crippen LogP contribution in [-0.4, -0.2) is 58.9 Å². The fourth-order valence-electron chi connectivity index (χ4n) is 5.00. The number of benzene rings is 1. The highest BCUT2D eigenvalue weighted by atomic mass is 16.2. The Bertz CT molecular complexity index is 870. The van der Waals surface area contributed by atoms with Crippen LogP contribution in [-0.2, 0) is 9.59 Å². The summed E-state index contributed by atoms with van der Waals surface area (Å²) in [5.41, 5.74) is 1.85. The number of rotatable bonds is 2. The van der Waals surface area contributed by atoms with Gasteiger partial charge in [-0.05, 0) is 56.7 Å². The zero-order chi connectivity index (χ0) is 21.5. The molecule has 0 bridgehead atoms. The molecule has 1 spiro atoms. The molecule has 4 rings (SSSR count). The highest BCUT2D eigenvalue weighted by Gasteiger charge is 2.42. The summed E-state index contributed by atoms with van der Waals surface area (Å²) in [6.45, 7) is 7.97. The minimum absolute atomic E-state index is 0.0242. The van der Waals surface area contributed by atoms with Crippen molar-refractivity contribution in [3.05, 3.63) is 29.3 Å².